The Bertz CT molecular complexity index is 548. The van der Waals surface area contributed by atoms with Gasteiger partial charge in [-0.3, -0.25) is 0 Å². The second-order valence-electron chi connectivity index (χ2n) is 5.44. The lowest BCUT2D eigenvalue weighted by molar-refractivity contribution is 0.163. The minimum Gasteiger partial charge on any atom is -0.497 e. The summed E-state index contributed by atoms with van der Waals surface area (Å²) in [6.07, 6.45) is 0.565. The van der Waals surface area contributed by atoms with Gasteiger partial charge in [0.15, 0.2) is 0 Å². The van der Waals surface area contributed by atoms with E-state index in [-0.39, 0.29) is 6.10 Å². The van der Waals surface area contributed by atoms with Crippen LogP contribution in [0.3, 0.4) is 0 Å². The van der Waals surface area contributed by atoms with Crippen LogP contribution in [0, 0.1) is 5.92 Å². The Labute approximate surface area is 119 Å². The highest BCUT2D eigenvalue weighted by molar-refractivity contribution is 5.79. The summed E-state index contributed by atoms with van der Waals surface area (Å²) in [5.41, 5.74) is 0.875. The van der Waals surface area contributed by atoms with E-state index in [1.807, 2.05) is 31.2 Å². The van der Waals surface area contributed by atoms with Crippen LogP contribution in [0.1, 0.15) is 26.0 Å². The zero-order valence-corrected chi connectivity index (χ0v) is 12.3. The van der Waals surface area contributed by atoms with Crippen LogP contribution in [0.4, 0.5) is 0 Å². The molecule has 2 unspecified atom stereocenters. The molecule has 1 aromatic carbocycles. The van der Waals surface area contributed by atoms with Gasteiger partial charge in [0.1, 0.15) is 17.1 Å². The van der Waals surface area contributed by atoms with Gasteiger partial charge in [-0.15, -0.1) is 0 Å². The van der Waals surface area contributed by atoms with Crippen molar-refractivity contribution >= 4 is 11.0 Å². The van der Waals surface area contributed by atoms with Crippen LogP contribution in [-0.4, -0.2) is 24.9 Å². The first-order chi connectivity index (χ1) is 9.58. The highest BCUT2D eigenvalue weighted by Crippen LogP contribution is 2.24. The molecule has 2 atom stereocenters. The molecule has 0 radical (unpaired) electrons. The van der Waals surface area contributed by atoms with Crippen molar-refractivity contribution in [3.8, 4) is 5.75 Å². The quantitative estimate of drug-likeness (QED) is 0.817. The number of hydrogen-bond donors (Lipinski definition) is 2. The fourth-order valence-corrected chi connectivity index (χ4v) is 2.40. The summed E-state index contributed by atoms with van der Waals surface area (Å²) in [5, 5.41) is 13.7. The fourth-order valence-electron chi connectivity index (χ4n) is 2.40. The van der Waals surface area contributed by atoms with Crippen molar-refractivity contribution in [1.29, 1.82) is 0 Å². The molecule has 20 heavy (non-hydrogen) atoms. The van der Waals surface area contributed by atoms with Crippen molar-refractivity contribution < 1.29 is 14.3 Å². The number of aliphatic hydroxyl groups excluding tert-OH is 1. The molecular weight excluding hydrogens is 254 g/mol. The molecule has 0 amide bonds. The van der Waals surface area contributed by atoms with Gasteiger partial charge in [0.25, 0.3) is 0 Å². The zero-order valence-electron chi connectivity index (χ0n) is 12.3. The Hall–Kier alpha value is -1.52. The number of hydrogen-bond acceptors (Lipinski definition) is 4. The summed E-state index contributed by atoms with van der Waals surface area (Å²) in [5.74, 6) is 2.19. The summed E-state index contributed by atoms with van der Waals surface area (Å²) in [6, 6.07) is 7.82. The number of benzene rings is 1. The molecule has 4 nitrogen and oxygen atoms in total. The maximum absolute atomic E-state index is 9.33. The van der Waals surface area contributed by atoms with Crippen molar-refractivity contribution in [2.24, 2.45) is 5.92 Å². The first-order valence-electron chi connectivity index (χ1n) is 7.03. The van der Waals surface area contributed by atoms with Gasteiger partial charge in [-0.1, -0.05) is 6.92 Å². The maximum atomic E-state index is 9.33. The van der Waals surface area contributed by atoms with Gasteiger partial charge in [0, 0.05) is 5.39 Å². The van der Waals surface area contributed by atoms with E-state index in [4.69, 9.17) is 9.15 Å². The van der Waals surface area contributed by atoms with Gasteiger partial charge in [-0.05, 0) is 50.1 Å². The number of aliphatic hydroxyl groups is 1. The highest BCUT2D eigenvalue weighted by atomic mass is 16.5. The third-order valence-electron chi connectivity index (χ3n) is 3.31. The van der Waals surface area contributed by atoms with Crippen molar-refractivity contribution in [3.63, 3.8) is 0 Å². The lowest BCUT2D eigenvalue weighted by Crippen LogP contribution is -2.22. The predicted octanol–water partition coefficient (Wildman–Crippen LogP) is 2.94. The predicted molar refractivity (Wildman–Crippen MR) is 79.9 cm³/mol. The largest absolute Gasteiger partial charge is 0.497 e. The van der Waals surface area contributed by atoms with Crippen LogP contribution in [0.2, 0.25) is 0 Å². The Morgan fingerprint density at radius 1 is 1.30 bits per heavy atom. The van der Waals surface area contributed by atoms with E-state index < -0.39 is 0 Å². The standard InChI is InChI=1S/C16H23NO3/c1-11(6-12(2)18)9-17-10-15-8-13-7-14(19-3)4-5-16(13)20-15/h4-5,7-8,11-12,17-18H,6,9-10H2,1-3H3. The number of methoxy groups -OCH3 is 1. The van der Waals surface area contributed by atoms with Gasteiger partial charge >= 0.3 is 0 Å². The monoisotopic (exact) mass is 277 g/mol. The van der Waals surface area contributed by atoms with E-state index in [1.54, 1.807) is 7.11 Å². The normalized spacial score (nSPS) is 14.4. The van der Waals surface area contributed by atoms with Crippen LogP contribution >= 0.6 is 0 Å². The first kappa shape index (κ1) is 14.9. The van der Waals surface area contributed by atoms with Crippen molar-refractivity contribution in [1.82, 2.24) is 5.32 Å². The van der Waals surface area contributed by atoms with Crippen molar-refractivity contribution in [2.75, 3.05) is 13.7 Å². The Balaban J connectivity index is 1.90. The molecule has 0 bridgehead atoms. The average molecular weight is 277 g/mol. The summed E-state index contributed by atoms with van der Waals surface area (Å²) in [6.45, 7) is 5.51. The van der Waals surface area contributed by atoms with Gasteiger partial charge in [0.05, 0.1) is 19.8 Å². The molecule has 0 spiro atoms. The molecule has 1 heterocycles. The Morgan fingerprint density at radius 3 is 2.80 bits per heavy atom. The number of furan rings is 1. The van der Waals surface area contributed by atoms with Gasteiger partial charge < -0.3 is 19.6 Å². The van der Waals surface area contributed by atoms with Crippen molar-refractivity contribution in [3.05, 3.63) is 30.0 Å². The molecule has 2 rings (SSSR count). The number of nitrogens with one attached hydrogen (secondary N) is 1. The molecule has 0 aliphatic carbocycles. The molecule has 4 heteroatoms. The van der Waals surface area contributed by atoms with Crippen LogP contribution in [0.5, 0.6) is 5.75 Å². The third-order valence-corrected chi connectivity index (χ3v) is 3.31. The molecule has 110 valence electrons. The minimum atomic E-state index is -0.245. The van der Waals surface area contributed by atoms with E-state index in [0.29, 0.717) is 12.5 Å². The Kier molecular flexibility index (Phi) is 5.04. The zero-order chi connectivity index (χ0) is 14.5. The van der Waals surface area contributed by atoms with E-state index in [0.717, 1.165) is 35.4 Å². The second-order valence-corrected chi connectivity index (χ2v) is 5.44. The van der Waals surface area contributed by atoms with Crippen molar-refractivity contribution in [2.45, 2.75) is 32.9 Å². The SMILES string of the molecule is COc1ccc2oc(CNCC(C)CC(C)O)cc2c1. The van der Waals surface area contributed by atoms with Gasteiger partial charge in [0.2, 0.25) is 0 Å². The molecule has 0 saturated heterocycles. The molecule has 0 aliphatic heterocycles. The van der Waals surface area contributed by atoms with Gasteiger partial charge in [-0.2, -0.15) is 0 Å². The summed E-state index contributed by atoms with van der Waals surface area (Å²) in [4.78, 5) is 0. The first-order valence-corrected chi connectivity index (χ1v) is 7.03. The van der Waals surface area contributed by atoms with E-state index in [1.165, 1.54) is 0 Å². The Morgan fingerprint density at radius 2 is 2.10 bits per heavy atom. The lowest BCUT2D eigenvalue weighted by Gasteiger charge is -2.13. The summed E-state index contributed by atoms with van der Waals surface area (Å²) >= 11 is 0. The fraction of sp³-hybridized carbons (Fsp3) is 0.500. The number of fused-ring (bicyclic) bond motifs is 1. The van der Waals surface area contributed by atoms with E-state index in [2.05, 4.69) is 12.2 Å². The molecule has 2 aromatic rings. The van der Waals surface area contributed by atoms with Crippen LogP contribution in [0.25, 0.3) is 11.0 Å². The lowest BCUT2D eigenvalue weighted by atomic mass is 10.0. The van der Waals surface area contributed by atoms with E-state index in [9.17, 15) is 5.11 Å². The van der Waals surface area contributed by atoms with Crippen LogP contribution < -0.4 is 10.1 Å². The molecule has 0 aliphatic rings. The van der Waals surface area contributed by atoms with E-state index >= 15 is 0 Å². The molecule has 1 aromatic heterocycles. The topological polar surface area (TPSA) is 54.6 Å². The third kappa shape index (κ3) is 3.99. The molecule has 0 fully saturated rings. The molecule has 0 saturated carbocycles. The number of ether oxygens (including phenoxy) is 1. The summed E-state index contributed by atoms with van der Waals surface area (Å²) < 4.78 is 11.0. The average Bonchev–Trinajstić information content (AvgIpc) is 2.79. The highest BCUT2D eigenvalue weighted by Gasteiger charge is 2.08. The smallest absolute Gasteiger partial charge is 0.134 e. The van der Waals surface area contributed by atoms with Gasteiger partial charge in [-0.25, -0.2) is 0 Å². The molecule has 2 N–H and O–H groups in total. The molecular formula is C16H23NO3. The summed E-state index contributed by atoms with van der Waals surface area (Å²) in [7, 11) is 1.66. The second kappa shape index (κ2) is 6.77. The maximum Gasteiger partial charge on any atom is 0.134 e. The number of rotatable bonds is 7. The minimum absolute atomic E-state index is 0.245. The van der Waals surface area contributed by atoms with Crippen LogP contribution in [0.15, 0.2) is 28.7 Å². The van der Waals surface area contributed by atoms with Crippen LogP contribution in [-0.2, 0) is 6.54 Å².